The van der Waals surface area contributed by atoms with Crippen molar-refractivity contribution in [3.63, 3.8) is 0 Å². The summed E-state index contributed by atoms with van der Waals surface area (Å²) in [6.45, 7) is 0.941. The van der Waals surface area contributed by atoms with E-state index in [4.69, 9.17) is 17.3 Å². The summed E-state index contributed by atoms with van der Waals surface area (Å²) in [5.74, 6) is -0.124. The van der Waals surface area contributed by atoms with Crippen molar-refractivity contribution in [2.75, 3.05) is 24.6 Å². The number of amides is 1. The standard InChI is InChI=1S/C15H17ClN4O/c1-20(9-11-4-6-18-7-5-11)10-15(21)19-14-3-2-12(16)8-13(14)17/h2-8H,9-10,17H2,1H3,(H,19,21). The van der Waals surface area contributed by atoms with Crippen LogP contribution in [-0.4, -0.2) is 29.4 Å². The second kappa shape index (κ2) is 7.06. The molecule has 0 aliphatic carbocycles. The van der Waals surface area contributed by atoms with Gasteiger partial charge in [0.1, 0.15) is 0 Å². The van der Waals surface area contributed by atoms with Gasteiger partial charge in [-0.15, -0.1) is 0 Å². The van der Waals surface area contributed by atoms with Crippen LogP contribution in [0.15, 0.2) is 42.7 Å². The van der Waals surface area contributed by atoms with Gasteiger partial charge in [0, 0.05) is 24.0 Å². The zero-order chi connectivity index (χ0) is 15.2. The summed E-state index contributed by atoms with van der Waals surface area (Å²) >= 11 is 5.82. The Hall–Kier alpha value is -2.11. The molecule has 2 aromatic rings. The highest BCUT2D eigenvalue weighted by Gasteiger charge is 2.09. The lowest BCUT2D eigenvalue weighted by Gasteiger charge is -2.16. The number of nitrogens with two attached hydrogens (primary N) is 1. The van der Waals surface area contributed by atoms with Gasteiger partial charge in [-0.25, -0.2) is 0 Å². The predicted octanol–water partition coefficient (Wildman–Crippen LogP) is 2.39. The fourth-order valence-corrected chi connectivity index (χ4v) is 2.12. The van der Waals surface area contributed by atoms with Crippen molar-refractivity contribution in [2.24, 2.45) is 0 Å². The van der Waals surface area contributed by atoms with E-state index < -0.39 is 0 Å². The Kier molecular flexibility index (Phi) is 5.14. The third-order valence-corrected chi connectivity index (χ3v) is 3.14. The molecule has 0 bridgehead atoms. The maximum Gasteiger partial charge on any atom is 0.238 e. The second-order valence-corrected chi connectivity index (χ2v) is 5.24. The molecule has 21 heavy (non-hydrogen) atoms. The molecule has 5 nitrogen and oxygen atoms in total. The van der Waals surface area contributed by atoms with Crippen LogP contribution in [0.5, 0.6) is 0 Å². The monoisotopic (exact) mass is 304 g/mol. The number of hydrogen-bond acceptors (Lipinski definition) is 4. The van der Waals surface area contributed by atoms with E-state index in [0.29, 0.717) is 22.9 Å². The molecule has 1 amide bonds. The van der Waals surface area contributed by atoms with E-state index in [9.17, 15) is 4.79 Å². The molecule has 110 valence electrons. The predicted molar refractivity (Wildman–Crippen MR) is 85.1 cm³/mol. The summed E-state index contributed by atoms with van der Waals surface area (Å²) in [5.41, 5.74) is 7.93. The molecule has 1 aromatic heterocycles. The Labute approximate surface area is 128 Å². The van der Waals surface area contributed by atoms with Crippen molar-refractivity contribution in [3.05, 3.63) is 53.3 Å². The van der Waals surface area contributed by atoms with Crippen LogP contribution < -0.4 is 11.1 Å². The normalized spacial score (nSPS) is 10.6. The van der Waals surface area contributed by atoms with E-state index in [2.05, 4.69) is 10.3 Å². The van der Waals surface area contributed by atoms with E-state index in [1.165, 1.54) is 0 Å². The van der Waals surface area contributed by atoms with E-state index in [-0.39, 0.29) is 12.5 Å². The SMILES string of the molecule is CN(CC(=O)Nc1ccc(Cl)cc1N)Cc1ccncc1. The number of anilines is 2. The molecule has 0 saturated carbocycles. The molecule has 3 N–H and O–H groups in total. The van der Waals surface area contributed by atoms with Gasteiger partial charge in [-0.1, -0.05) is 11.6 Å². The minimum Gasteiger partial charge on any atom is -0.397 e. The molecule has 0 atom stereocenters. The smallest absolute Gasteiger partial charge is 0.238 e. The Morgan fingerprint density at radius 1 is 1.33 bits per heavy atom. The van der Waals surface area contributed by atoms with Gasteiger partial charge in [0.15, 0.2) is 0 Å². The Balaban J connectivity index is 1.89. The lowest BCUT2D eigenvalue weighted by Crippen LogP contribution is -2.30. The summed E-state index contributed by atoms with van der Waals surface area (Å²) in [5, 5.41) is 3.32. The van der Waals surface area contributed by atoms with Crippen LogP contribution in [0, 0.1) is 0 Å². The van der Waals surface area contributed by atoms with E-state index in [1.54, 1.807) is 30.6 Å². The molecular formula is C15H17ClN4O. The van der Waals surface area contributed by atoms with E-state index in [1.807, 2.05) is 24.1 Å². The van der Waals surface area contributed by atoms with Gasteiger partial charge in [-0.2, -0.15) is 0 Å². The van der Waals surface area contributed by atoms with Gasteiger partial charge in [-0.3, -0.25) is 14.7 Å². The van der Waals surface area contributed by atoms with Crippen LogP contribution >= 0.6 is 11.6 Å². The van der Waals surface area contributed by atoms with Crippen molar-refractivity contribution >= 4 is 28.9 Å². The molecule has 0 aliphatic rings. The van der Waals surface area contributed by atoms with Crippen LogP contribution in [-0.2, 0) is 11.3 Å². The number of nitrogen functional groups attached to an aromatic ring is 1. The summed E-state index contributed by atoms with van der Waals surface area (Å²) in [6, 6.07) is 8.83. The minimum absolute atomic E-state index is 0.124. The molecule has 2 rings (SSSR count). The number of benzene rings is 1. The summed E-state index contributed by atoms with van der Waals surface area (Å²) in [6.07, 6.45) is 3.47. The van der Waals surface area contributed by atoms with Crippen molar-refractivity contribution in [1.29, 1.82) is 0 Å². The average molecular weight is 305 g/mol. The van der Waals surface area contributed by atoms with Gasteiger partial charge in [0.05, 0.1) is 17.9 Å². The van der Waals surface area contributed by atoms with Gasteiger partial charge in [-0.05, 0) is 42.9 Å². The van der Waals surface area contributed by atoms with Crippen molar-refractivity contribution < 1.29 is 4.79 Å². The van der Waals surface area contributed by atoms with Gasteiger partial charge in [0.2, 0.25) is 5.91 Å². The second-order valence-electron chi connectivity index (χ2n) is 4.81. The number of nitrogens with one attached hydrogen (secondary N) is 1. The molecule has 0 spiro atoms. The number of nitrogens with zero attached hydrogens (tertiary/aromatic N) is 2. The van der Waals surface area contributed by atoms with Crippen LogP contribution in [0.2, 0.25) is 5.02 Å². The molecule has 1 aromatic carbocycles. The number of aromatic nitrogens is 1. The first kappa shape index (κ1) is 15.3. The molecule has 0 fully saturated rings. The molecular weight excluding hydrogens is 288 g/mol. The molecule has 0 saturated heterocycles. The summed E-state index contributed by atoms with van der Waals surface area (Å²) in [7, 11) is 1.88. The number of halogens is 1. The molecule has 0 aliphatic heterocycles. The van der Waals surface area contributed by atoms with Crippen molar-refractivity contribution in [3.8, 4) is 0 Å². The van der Waals surface area contributed by atoms with Crippen molar-refractivity contribution in [1.82, 2.24) is 9.88 Å². The quantitative estimate of drug-likeness (QED) is 0.832. The lowest BCUT2D eigenvalue weighted by atomic mass is 10.2. The Morgan fingerprint density at radius 3 is 2.71 bits per heavy atom. The van der Waals surface area contributed by atoms with Crippen LogP contribution in [0.3, 0.4) is 0 Å². The third kappa shape index (κ3) is 4.73. The first-order valence-electron chi connectivity index (χ1n) is 6.47. The fourth-order valence-electron chi connectivity index (χ4n) is 1.94. The topological polar surface area (TPSA) is 71.2 Å². The number of rotatable bonds is 5. The highest BCUT2D eigenvalue weighted by Crippen LogP contribution is 2.22. The van der Waals surface area contributed by atoms with E-state index in [0.717, 1.165) is 5.56 Å². The van der Waals surface area contributed by atoms with Crippen LogP contribution in [0.4, 0.5) is 11.4 Å². The molecule has 0 unspecified atom stereocenters. The number of pyridine rings is 1. The zero-order valence-electron chi connectivity index (χ0n) is 11.7. The molecule has 6 heteroatoms. The number of likely N-dealkylation sites (N-methyl/N-ethyl adjacent to an activating group) is 1. The largest absolute Gasteiger partial charge is 0.397 e. The third-order valence-electron chi connectivity index (χ3n) is 2.90. The highest BCUT2D eigenvalue weighted by molar-refractivity contribution is 6.31. The van der Waals surface area contributed by atoms with Gasteiger partial charge < -0.3 is 11.1 Å². The van der Waals surface area contributed by atoms with Crippen molar-refractivity contribution in [2.45, 2.75) is 6.54 Å². The number of carbonyl (C=O) groups is 1. The van der Waals surface area contributed by atoms with Gasteiger partial charge in [0.25, 0.3) is 0 Å². The maximum absolute atomic E-state index is 12.0. The minimum atomic E-state index is -0.124. The summed E-state index contributed by atoms with van der Waals surface area (Å²) in [4.78, 5) is 17.9. The highest BCUT2D eigenvalue weighted by atomic mass is 35.5. The first-order valence-corrected chi connectivity index (χ1v) is 6.84. The van der Waals surface area contributed by atoms with Crippen LogP contribution in [0.1, 0.15) is 5.56 Å². The fraction of sp³-hybridized carbons (Fsp3) is 0.200. The van der Waals surface area contributed by atoms with Crippen LogP contribution in [0.25, 0.3) is 0 Å². The number of carbonyl (C=O) groups excluding carboxylic acids is 1. The Morgan fingerprint density at radius 2 is 2.05 bits per heavy atom. The van der Waals surface area contributed by atoms with E-state index >= 15 is 0 Å². The first-order chi connectivity index (χ1) is 10.0. The zero-order valence-corrected chi connectivity index (χ0v) is 12.5. The average Bonchev–Trinajstić information content (AvgIpc) is 2.43. The molecule has 0 radical (unpaired) electrons. The number of hydrogen-bond donors (Lipinski definition) is 2. The Bertz CT molecular complexity index is 618. The summed E-state index contributed by atoms with van der Waals surface area (Å²) < 4.78 is 0. The lowest BCUT2D eigenvalue weighted by molar-refractivity contribution is -0.117. The maximum atomic E-state index is 12.0. The van der Waals surface area contributed by atoms with Gasteiger partial charge >= 0.3 is 0 Å². The molecule has 1 heterocycles.